The first-order chi connectivity index (χ1) is 11.8. The molecule has 1 N–H and O–H groups in total. The summed E-state index contributed by atoms with van der Waals surface area (Å²) in [7, 11) is 0. The van der Waals surface area contributed by atoms with Crippen LogP contribution in [-0.2, 0) is 10.2 Å². The Bertz CT molecular complexity index is 903. The fourth-order valence-electron chi connectivity index (χ4n) is 4.11. The lowest BCUT2D eigenvalue weighted by Gasteiger charge is -2.40. The number of fused-ring (bicyclic) bond motifs is 3. The smallest absolute Gasteiger partial charge is 0.241 e. The summed E-state index contributed by atoms with van der Waals surface area (Å²) in [6.45, 7) is 6.63. The number of hydrogen-bond donors (Lipinski definition) is 1. The number of anilines is 1. The first kappa shape index (κ1) is 15.9. The zero-order valence-corrected chi connectivity index (χ0v) is 14.6. The summed E-state index contributed by atoms with van der Waals surface area (Å²) in [4.78, 5) is 14.3. The molecule has 0 aliphatic carbocycles. The van der Waals surface area contributed by atoms with Crippen LogP contribution in [0, 0.1) is 12.7 Å². The average molecular weight is 336 g/mol. The van der Waals surface area contributed by atoms with E-state index in [9.17, 15) is 9.18 Å². The van der Waals surface area contributed by atoms with Crippen LogP contribution in [0.2, 0.25) is 0 Å². The number of hydrogen-bond acceptors (Lipinski definition) is 2. The van der Waals surface area contributed by atoms with Gasteiger partial charge in [-0.25, -0.2) is 4.39 Å². The number of nitrogens with zero attached hydrogens (tertiary/aromatic N) is 1. The number of amides is 1. The first-order valence-corrected chi connectivity index (χ1v) is 8.49. The van der Waals surface area contributed by atoms with Gasteiger partial charge in [0.1, 0.15) is 11.5 Å². The van der Waals surface area contributed by atoms with E-state index in [-0.39, 0.29) is 17.1 Å². The summed E-state index contributed by atoms with van der Waals surface area (Å²) in [5.41, 5.74) is 2.93. The van der Waals surface area contributed by atoms with Crippen LogP contribution in [0.5, 0.6) is 0 Å². The average Bonchev–Trinajstić information content (AvgIpc) is 2.99. The molecule has 2 aromatic rings. The molecule has 0 spiro atoms. The second-order valence-electron chi connectivity index (χ2n) is 7.40. The standard InChI is InChI=1S/C21H21FN2O/c1-14-8-9-18-16(12-14)20(2,3)21(23-19(25)13-24(18)21)11-10-15-6-4-5-7-17(15)22/h4-12H,13H2,1-3H3,(H,23,25)/b11-10+/t21-/m1/s1. The fourth-order valence-corrected chi connectivity index (χ4v) is 4.11. The predicted octanol–water partition coefficient (Wildman–Crippen LogP) is 3.77. The van der Waals surface area contributed by atoms with E-state index in [1.54, 1.807) is 18.2 Å². The van der Waals surface area contributed by atoms with Gasteiger partial charge < -0.3 is 10.2 Å². The van der Waals surface area contributed by atoms with E-state index in [0.29, 0.717) is 12.1 Å². The van der Waals surface area contributed by atoms with Gasteiger partial charge >= 0.3 is 0 Å². The van der Waals surface area contributed by atoms with Crippen LogP contribution in [0.1, 0.15) is 30.5 Å². The van der Waals surface area contributed by atoms with Crippen molar-refractivity contribution in [1.82, 2.24) is 5.32 Å². The van der Waals surface area contributed by atoms with Crippen LogP contribution in [0.15, 0.2) is 48.5 Å². The Morgan fingerprint density at radius 2 is 1.96 bits per heavy atom. The zero-order chi connectivity index (χ0) is 17.8. The fraction of sp³-hybridized carbons (Fsp3) is 0.286. The number of rotatable bonds is 2. The highest BCUT2D eigenvalue weighted by Gasteiger charge is 2.59. The molecule has 4 rings (SSSR count). The minimum absolute atomic E-state index is 0.0162. The lowest BCUT2D eigenvalue weighted by Crippen LogP contribution is -2.58. The van der Waals surface area contributed by atoms with E-state index in [0.717, 1.165) is 5.69 Å². The zero-order valence-electron chi connectivity index (χ0n) is 14.6. The van der Waals surface area contributed by atoms with Crippen LogP contribution in [0.25, 0.3) is 6.08 Å². The Balaban J connectivity index is 1.87. The van der Waals surface area contributed by atoms with Gasteiger partial charge in [-0.2, -0.15) is 0 Å². The second kappa shape index (κ2) is 5.19. The third-order valence-corrected chi connectivity index (χ3v) is 5.54. The van der Waals surface area contributed by atoms with Crippen LogP contribution in [0.3, 0.4) is 0 Å². The molecular weight excluding hydrogens is 315 g/mol. The van der Waals surface area contributed by atoms with Gasteiger partial charge in [-0.15, -0.1) is 0 Å². The highest BCUT2D eigenvalue weighted by atomic mass is 19.1. The predicted molar refractivity (Wildman–Crippen MR) is 97.9 cm³/mol. The number of carbonyl (C=O) groups excluding carboxylic acids is 1. The molecule has 1 amide bonds. The summed E-state index contributed by atoms with van der Waals surface area (Å²) in [5.74, 6) is -0.285. The van der Waals surface area contributed by atoms with E-state index >= 15 is 0 Å². The minimum atomic E-state index is -0.692. The van der Waals surface area contributed by atoms with E-state index < -0.39 is 5.66 Å². The molecule has 0 bridgehead atoms. The summed E-state index contributed by atoms with van der Waals surface area (Å²) in [6, 6.07) is 13.0. The molecule has 1 fully saturated rings. The molecular formula is C21H21FN2O. The summed E-state index contributed by atoms with van der Waals surface area (Å²) < 4.78 is 14.0. The topological polar surface area (TPSA) is 32.3 Å². The highest BCUT2D eigenvalue weighted by Crippen LogP contribution is 2.53. The van der Waals surface area contributed by atoms with Crippen molar-refractivity contribution < 1.29 is 9.18 Å². The van der Waals surface area contributed by atoms with Gasteiger partial charge in [0.25, 0.3) is 0 Å². The molecule has 0 radical (unpaired) electrons. The monoisotopic (exact) mass is 336 g/mol. The number of carbonyl (C=O) groups is 1. The van der Waals surface area contributed by atoms with E-state index in [2.05, 4.69) is 49.2 Å². The molecule has 0 aromatic heterocycles. The maximum atomic E-state index is 14.0. The van der Waals surface area contributed by atoms with Gasteiger partial charge in [0.05, 0.1) is 6.54 Å². The van der Waals surface area contributed by atoms with Gasteiger partial charge in [-0.3, -0.25) is 4.79 Å². The lowest BCUT2D eigenvalue weighted by molar-refractivity contribution is -0.118. The highest BCUT2D eigenvalue weighted by molar-refractivity contribution is 5.91. The second-order valence-corrected chi connectivity index (χ2v) is 7.40. The van der Waals surface area contributed by atoms with Crippen LogP contribution in [0.4, 0.5) is 10.1 Å². The molecule has 2 aromatic carbocycles. The number of nitrogens with one attached hydrogen (secondary N) is 1. The molecule has 2 aliphatic heterocycles. The molecule has 0 unspecified atom stereocenters. The van der Waals surface area contributed by atoms with Crippen molar-refractivity contribution in [3.05, 3.63) is 71.0 Å². The van der Waals surface area contributed by atoms with Gasteiger partial charge in [0.2, 0.25) is 5.91 Å². The Labute approximate surface area is 147 Å². The van der Waals surface area contributed by atoms with Crippen molar-refractivity contribution in [3.8, 4) is 0 Å². The Hall–Kier alpha value is -2.62. The third-order valence-electron chi connectivity index (χ3n) is 5.54. The number of aryl methyl sites for hydroxylation is 1. The molecule has 4 heteroatoms. The Morgan fingerprint density at radius 3 is 2.72 bits per heavy atom. The van der Waals surface area contributed by atoms with E-state index in [1.165, 1.54) is 17.2 Å². The SMILES string of the molecule is Cc1ccc2c(c1)C(C)(C)[C@]1(/C=C/c3ccccc3F)NC(=O)CN21. The molecule has 1 atom stereocenters. The van der Waals surface area contributed by atoms with Crippen molar-refractivity contribution in [2.75, 3.05) is 11.4 Å². The minimum Gasteiger partial charge on any atom is -0.335 e. The molecule has 3 nitrogen and oxygen atoms in total. The van der Waals surface area contributed by atoms with E-state index in [1.807, 2.05) is 12.1 Å². The van der Waals surface area contributed by atoms with Gasteiger partial charge in [-0.1, -0.05) is 55.8 Å². The molecule has 2 aliphatic rings. The molecule has 25 heavy (non-hydrogen) atoms. The van der Waals surface area contributed by atoms with Gasteiger partial charge in [0, 0.05) is 16.7 Å². The van der Waals surface area contributed by atoms with E-state index in [4.69, 9.17) is 0 Å². The molecule has 1 saturated heterocycles. The van der Waals surface area contributed by atoms with Crippen LogP contribution >= 0.6 is 0 Å². The maximum Gasteiger partial charge on any atom is 0.241 e. The Morgan fingerprint density at radius 1 is 1.20 bits per heavy atom. The first-order valence-electron chi connectivity index (χ1n) is 8.49. The van der Waals surface area contributed by atoms with Crippen molar-refractivity contribution in [3.63, 3.8) is 0 Å². The lowest BCUT2D eigenvalue weighted by atomic mass is 9.75. The quantitative estimate of drug-likeness (QED) is 0.905. The molecule has 0 saturated carbocycles. The third kappa shape index (κ3) is 2.13. The number of benzene rings is 2. The number of halogens is 1. The van der Waals surface area contributed by atoms with Crippen molar-refractivity contribution in [1.29, 1.82) is 0 Å². The van der Waals surface area contributed by atoms with Crippen LogP contribution in [-0.4, -0.2) is 18.1 Å². The Kier molecular flexibility index (Phi) is 3.29. The molecule has 2 heterocycles. The van der Waals surface area contributed by atoms with Crippen molar-refractivity contribution >= 4 is 17.7 Å². The summed E-state index contributed by atoms with van der Waals surface area (Å²) in [5, 5.41) is 3.15. The largest absolute Gasteiger partial charge is 0.335 e. The van der Waals surface area contributed by atoms with Gasteiger partial charge in [0.15, 0.2) is 0 Å². The molecule has 128 valence electrons. The van der Waals surface area contributed by atoms with Gasteiger partial charge in [-0.05, 0) is 30.7 Å². The van der Waals surface area contributed by atoms with Crippen molar-refractivity contribution in [2.24, 2.45) is 0 Å². The normalized spacial score (nSPS) is 23.7. The summed E-state index contributed by atoms with van der Waals surface area (Å²) >= 11 is 0. The maximum absolute atomic E-state index is 14.0. The summed E-state index contributed by atoms with van der Waals surface area (Å²) in [6.07, 6.45) is 3.71. The van der Waals surface area contributed by atoms with Crippen molar-refractivity contribution in [2.45, 2.75) is 31.8 Å². The van der Waals surface area contributed by atoms with Crippen LogP contribution < -0.4 is 10.2 Å².